The molecule has 0 atom stereocenters. The fourth-order valence-electron chi connectivity index (χ4n) is 4.16. The van der Waals surface area contributed by atoms with E-state index in [2.05, 4.69) is 22.1 Å². The summed E-state index contributed by atoms with van der Waals surface area (Å²) >= 11 is 1.47. The van der Waals surface area contributed by atoms with E-state index in [4.69, 9.17) is 11.5 Å². The first-order valence-electron chi connectivity index (χ1n) is 9.54. The van der Waals surface area contributed by atoms with Gasteiger partial charge in [0.1, 0.15) is 0 Å². The zero-order valence-corrected chi connectivity index (χ0v) is 16.4. The summed E-state index contributed by atoms with van der Waals surface area (Å²) in [6.45, 7) is 2.80. The van der Waals surface area contributed by atoms with Crippen LogP contribution in [-0.2, 0) is 11.2 Å². The Kier molecular flexibility index (Phi) is 4.86. The predicted octanol–water partition coefficient (Wildman–Crippen LogP) is 3.49. The molecular weight excluding hydrogens is 358 g/mol. The van der Waals surface area contributed by atoms with Crippen molar-refractivity contribution >= 4 is 34.0 Å². The average Bonchev–Trinajstić information content (AvgIpc) is 3.24. The first-order valence-corrected chi connectivity index (χ1v) is 10.4. The summed E-state index contributed by atoms with van der Waals surface area (Å²) in [4.78, 5) is 24.6. The number of thiazole rings is 1. The minimum Gasteiger partial charge on any atom is -0.370 e. The van der Waals surface area contributed by atoms with Crippen LogP contribution in [0.4, 0.5) is 10.8 Å². The van der Waals surface area contributed by atoms with Crippen LogP contribution >= 0.6 is 11.3 Å². The zero-order valence-electron chi connectivity index (χ0n) is 15.6. The van der Waals surface area contributed by atoms with Gasteiger partial charge in [0.25, 0.3) is 0 Å². The number of nitrogens with zero attached hydrogens (tertiary/aromatic N) is 3. The standard InChI is InChI=1S/C20H25N5OS/c1-12-17(23-20(27-12)24-19(21)22)15-7-8-16-14(11-15)9-10-25(16)18(26)13-5-3-2-4-6-13/h7-8,11,13H,2-6,9-10H2,1H3,(H4,21,22,23,24). The van der Waals surface area contributed by atoms with Gasteiger partial charge in [0.15, 0.2) is 5.96 Å². The van der Waals surface area contributed by atoms with E-state index in [1.54, 1.807) is 0 Å². The molecule has 2 aromatic rings. The molecule has 0 radical (unpaired) electrons. The molecule has 2 aliphatic rings. The number of fused-ring (bicyclic) bond motifs is 1. The van der Waals surface area contributed by atoms with Crippen molar-refractivity contribution in [2.45, 2.75) is 45.4 Å². The molecule has 27 heavy (non-hydrogen) atoms. The van der Waals surface area contributed by atoms with Crippen LogP contribution < -0.4 is 16.4 Å². The lowest BCUT2D eigenvalue weighted by Gasteiger charge is -2.26. The van der Waals surface area contributed by atoms with E-state index in [-0.39, 0.29) is 11.9 Å². The van der Waals surface area contributed by atoms with E-state index in [0.717, 1.165) is 47.6 Å². The monoisotopic (exact) mass is 383 g/mol. The Morgan fingerprint density at radius 1 is 1.26 bits per heavy atom. The number of hydrogen-bond acceptors (Lipinski definition) is 4. The van der Waals surface area contributed by atoms with Crippen molar-refractivity contribution in [3.8, 4) is 11.3 Å². The summed E-state index contributed by atoms with van der Waals surface area (Å²) in [5, 5.41) is 0.567. The number of aromatic nitrogens is 1. The summed E-state index contributed by atoms with van der Waals surface area (Å²) in [5.74, 6) is 0.523. The fourth-order valence-corrected chi connectivity index (χ4v) is 4.98. The summed E-state index contributed by atoms with van der Waals surface area (Å²) in [6, 6.07) is 6.27. The number of nitrogens with two attached hydrogens (primary N) is 2. The van der Waals surface area contributed by atoms with Crippen molar-refractivity contribution in [1.29, 1.82) is 0 Å². The van der Waals surface area contributed by atoms with Gasteiger partial charge in [-0.05, 0) is 43.9 Å². The SMILES string of the molecule is Cc1sc(N=C(N)N)nc1-c1ccc2c(c1)CCN2C(=O)C1CCCCC1. The van der Waals surface area contributed by atoms with Gasteiger partial charge in [-0.1, -0.05) is 36.7 Å². The number of carbonyl (C=O) groups excluding carboxylic acids is 1. The topological polar surface area (TPSA) is 97.6 Å². The Bertz CT molecular complexity index is 894. The van der Waals surface area contributed by atoms with E-state index in [1.807, 2.05) is 17.9 Å². The highest BCUT2D eigenvalue weighted by Gasteiger charge is 2.31. The van der Waals surface area contributed by atoms with Gasteiger partial charge in [0, 0.05) is 28.6 Å². The molecule has 0 bridgehead atoms. The molecule has 4 N–H and O–H groups in total. The van der Waals surface area contributed by atoms with Crippen LogP contribution in [0.15, 0.2) is 23.2 Å². The molecule has 0 spiro atoms. The molecule has 6 nitrogen and oxygen atoms in total. The number of aryl methyl sites for hydroxylation is 1. The van der Waals surface area contributed by atoms with E-state index in [0.29, 0.717) is 11.0 Å². The number of rotatable bonds is 3. The van der Waals surface area contributed by atoms with Crippen molar-refractivity contribution in [1.82, 2.24) is 4.98 Å². The molecule has 2 heterocycles. The van der Waals surface area contributed by atoms with E-state index in [9.17, 15) is 4.79 Å². The normalized spacial score (nSPS) is 17.0. The molecule has 142 valence electrons. The number of carbonyl (C=O) groups is 1. The second-order valence-corrected chi connectivity index (χ2v) is 8.54. The highest BCUT2D eigenvalue weighted by molar-refractivity contribution is 7.15. The van der Waals surface area contributed by atoms with Crippen molar-refractivity contribution in [3.05, 3.63) is 28.6 Å². The predicted molar refractivity (Wildman–Crippen MR) is 110 cm³/mol. The van der Waals surface area contributed by atoms with Gasteiger partial charge in [0.05, 0.1) is 5.69 Å². The quantitative estimate of drug-likeness (QED) is 0.626. The van der Waals surface area contributed by atoms with Crippen LogP contribution in [0.5, 0.6) is 0 Å². The number of anilines is 1. The molecule has 1 aliphatic carbocycles. The van der Waals surface area contributed by atoms with Crippen molar-refractivity contribution in [3.63, 3.8) is 0 Å². The van der Waals surface area contributed by atoms with Gasteiger partial charge < -0.3 is 16.4 Å². The molecule has 4 rings (SSSR count). The number of hydrogen-bond donors (Lipinski definition) is 2. The largest absolute Gasteiger partial charge is 0.370 e. The second-order valence-electron chi connectivity index (χ2n) is 7.36. The van der Waals surface area contributed by atoms with E-state index in [1.165, 1.54) is 36.2 Å². The third kappa shape index (κ3) is 3.56. The molecule has 7 heteroatoms. The summed E-state index contributed by atoms with van der Waals surface area (Å²) in [5.41, 5.74) is 15.1. The Morgan fingerprint density at radius 2 is 2.04 bits per heavy atom. The van der Waals surface area contributed by atoms with Crippen LogP contribution in [0.1, 0.15) is 42.5 Å². The van der Waals surface area contributed by atoms with Crippen LogP contribution in [0.25, 0.3) is 11.3 Å². The number of benzene rings is 1. The molecule has 1 aliphatic heterocycles. The molecule has 1 aromatic carbocycles. The van der Waals surface area contributed by atoms with Crippen LogP contribution in [0.3, 0.4) is 0 Å². The molecule has 0 saturated heterocycles. The Hall–Kier alpha value is -2.41. The van der Waals surface area contributed by atoms with Crippen LogP contribution in [0.2, 0.25) is 0 Å². The van der Waals surface area contributed by atoms with E-state index < -0.39 is 0 Å². The summed E-state index contributed by atoms with van der Waals surface area (Å²) in [7, 11) is 0. The van der Waals surface area contributed by atoms with Gasteiger partial charge in [0.2, 0.25) is 11.0 Å². The maximum absolute atomic E-state index is 13.0. The van der Waals surface area contributed by atoms with Crippen molar-refractivity contribution in [2.75, 3.05) is 11.4 Å². The Labute approximate surface area is 163 Å². The first-order chi connectivity index (χ1) is 13.0. The fraction of sp³-hybridized carbons (Fsp3) is 0.450. The van der Waals surface area contributed by atoms with Gasteiger partial charge in [-0.15, -0.1) is 0 Å². The highest BCUT2D eigenvalue weighted by atomic mass is 32.1. The van der Waals surface area contributed by atoms with Crippen molar-refractivity contribution < 1.29 is 4.79 Å². The number of amides is 1. The molecule has 1 fully saturated rings. The third-order valence-corrected chi connectivity index (χ3v) is 6.34. The third-order valence-electron chi connectivity index (χ3n) is 5.48. The molecular formula is C20H25N5OS. The average molecular weight is 384 g/mol. The zero-order chi connectivity index (χ0) is 19.0. The maximum Gasteiger partial charge on any atom is 0.230 e. The highest BCUT2D eigenvalue weighted by Crippen LogP contribution is 2.37. The maximum atomic E-state index is 13.0. The van der Waals surface area contributed by atoms with Crippen molar-refractivity contribution in [2.24, 2.45) is 22.4 Å². The number of guanidine groups is 1. The lowest BCUT2D eigenvalue weighted by molar-refractivity contribution is -0.123. The van der Waals surface area contributed by atoms with Gasteiger partial charge in [-0.25, -0.2) is 4.98 Å². The Morgan fingerprint density at radius 3 is 2.78 bits per heavy atom. The summed E-state index contributed by atoms with van der Waals surface area (Å²) < 4.78 is 0. The van der Waals surface area contributed by atoms with Crippen LogP contribution in [0, 0.1) is 12.8 Å². The lowest BCUT2D eigenvalue weighted by atomic mass is 9.88. The second kappa shape index (κ2) is 7.31. The molecule has 0 unspecified atom stereocenters. The first kappa shape index (κ1) is 18.0. The van der Waals surface area contributed by atoms with Gasteiger partial charge in [-0.3, -0.25) is 4.79 Å². The smallest absolute Gasteiger partial charge is 0.230 e. The Balaban J connectivity index is 1.59. The summed E-state index contributed by atoms with van der Waals surface area (Å²) in [6.07, 6.45) is 6.58. The molecule has 1 amide bonds. The minimum absolute atomic E-state index is 0.0149. The number of aliphatic imine (C=N–C) groups is 1. The van der Waals surface area contributed by atoms with Crippen LogP contribution in [-0.4, -0.2) is 23.4 Å². The minimum atomic E-state index is 0.0149. The molecule has 1 aromatic heterocycles. The molecule has 1 saturated carbocycles. The van der Waals surface area contributed by atoms with Gasteiger partial charge >= 0.3 is 0 Å². The van der Waals surface area contributed by atoms with Gasteiger partial charge in [-0.2, -0.15) is 4.99 Å². The lowest BCUT2D eigenvalue weighted by Crippen LogP contribution is -2.35. The van der Waals surface area contributed by atoms with E-state index >= 15 is 0 Å².